The molecule has 0 spiro atoms. The van der Waals surface area contributed by atoms with Gasteiger partial charge in [0.1, 0.15) is 10.1 Å². The van der Waals surface area contributed by atoms with Crippen molar-refractivity contribution in [2.45, 2.75) is 83.0 Å². The van der Waals surface area contributed by atoms with E-state index in [1.54, 1.807) is 19.1 Å². The first-order valence-electron chi connectivity index (χ1n) is 11.7. The molecule has 1 aromatic carbocycles. The third kappa shape index (κ3) is 9.91. The number of hydrogen-bond donors (Lipinski definition) is 2. The van der Waals surface area contributed by atoms with E-state index in [1.807, 2.05) is 0 Å². The van der Waals surface area contributed by atoms with Gasteiger partial charge >= 0.3 is 6.01 Å². The third-order valence-corrected chi connectivity index (χ3v) is 6.30. The van der Waals surface area contributed by atoms with Crippen LogP contribution in [0.15, 0.2) is 23.1 Å². The molecule has 0 aliphatic carbocycles. The van der Waals surface area contributed by atoms with Crippen LogP contribution < -0.4 is 15.4 Å². The van der Waals surface area contributed by atoms with Gasteiger partial charge in [0.2, 0.25) is 11.9 Å². The van der Waals surface area contributed by atoms with E-state index >= 15 is 0 Å². The van der Waals surface area contributed by atoms with Crippen LogP contribution in [-0.4, -0.2) is 41.6 Å². The number of nitrogens with zero attached hydrogens (tertiary/aromatic N) is 3. The number of benzene rings is 1. The van der Waals surface area contributed by atoms with Crippen LogP contribution in [0.2, 0.25) is 0 Å². The highest BCUT2D eigenvalue weighted by atomic mass is 32.2. The number of ether oxygens (including phenoxy) is 1. The van der Waals surface area contributed by atoms with E-state index in [1.165, 1.54) is 64.5 Å². The van der Waals surface area contributed by atoms with Gasteiger partial charge < -0.3 is 19.9 Å². The van der Waals surface area contributed by atoms with Gasteiger partial charge in [0.05, 0.1) is 12.0 Å². The summed E-state index contributed by atoms with van der Waals surface area (Å²) in [5.41, 5.74) is 0.756. The first-order chi connectivity index (χ1) is 15.8. The maximum atomic E-state index is 11.4. The minimum atomic E-state index is -4.58. The third-order valence-electron chi connectivity index (χ3n) is 5.32. The zero-order valence-corrected chi connectivity index (χ0v) is 20.7. The number of aryl methyl sites for hydroxylation is 1. The number of rotatable bonds is 16. The minimum Gasteiger partial charge on any atom is -0.744 e. The fourth-order valence-electron chi connectivity index (χ4n) is 3.47. The predicted molar refractivity (Wildman–Crippen MR) is 129 cm³/mol. The Morgan fingerprint density at radius 1 is 0.909 bits per heavy atom. The van der Waals surface area contributed by atoms with Crippen LogP contribution in [0, 0.1) is 6.92 Å². The molecule has 0 fully saturated rings. The van der Waals surface area contributed by atoms with Crippen molar-refractivity contribution < 1.29 is 17.7 Å². The maximum Gasteiger partial charge on any atom is 0.322 e. The topological polar surface area (TPSA) is 129 Å². The van der Waals surface area contributed by atoms with Gasteiger partial charge in [-0.05, 0) is 31.0 Å². The van der Waals surface area contributed by atoms with Gasteiger partial charge in [-0.3, -0.25) is 0 Å². The first kappa shape index (κ1) is 26.8. The molecule has 2 N–H and O–H groups in total. The molecule has 0 atom stereocenters. The lowest BCUT2D eigenvalue weighted by Gasteiger charge is -2.13. The SMILES string of the molecule is CCCCCCCCCCCCNc1nc(Nc2ccc(C)c(S(=O)(=O)[O-])c2)nc(OC)n1. The monoisotopic (exact) mass is 478 g/mol. The molecule has 0 amide bonds. The van der Waals surface area contributed by atoms with Gasteiger partial charge in [-0.25, -0.2) is 8.42 Å². The summed E-state index contributed by atoms with van der Waals surface area (Å²) >= 11 is 0. The highest BCUT2D eigenvalue weighted by Crippen LogP contribution is 2.23. The van der Waals surface area contributed by atoms with E-state index in [9.17, 15) is 13.0 Å². The number of aromatic nitrogens is 3. The molecule has 0 aliphatic heterocycles. The lowest BCUT2D eigenvalue weighted by molar-refractivity contribution is 0.379. The fourth-order valence-corrected chi connectivity index (χ4v) is 4.21. The normalized spacial score (nSPS) is 11.4. The Balaban J connectivity index is 1.84. The molecule has 0 saturated carbocycles. The Hall–Kier alpha value is -2.46. The Morgan fingerprint density at radius 2 is 1.52 bits per heavy atom. The number of methoxy groups -OCH3 is 1. The summed E-state index contributed by atoms with van der Waals surface area (Å²) in [5, 5.41) is 6.10. The van der Waals surface area contributed by atoms with Crippen LogP contribution in [0.1, 0.15) is 76.7 Å². The highest BCUT2D eigenvalue weighted by Gasteiger charge is 2.10. The standard InChI is InChI=1S/C23H37N5O4S/c1-4-5-6-7-8-9-10-11-12-13-16-24-21-26-22(28-23(27-21)32-3)25-19-15-14-18(2)20(17-19)33(29,30)31/h14-15,17H,4-13,16H2,1-3H3,(H,29,30,31)(H2,24,25,26,27,28)/p-1. The number of anilines is 3. The average molecular weight is 479 g/mol. The molecule has 0 unspecified atom stereocenters. The van der Waals surface area contributed by atoms with Crippen LogP contribution in [0.25, 0.3) is 0 Å². The van der Waals surface area contributed by atoms with Crippen molar-refractivity contribution in [3.05, 3.63) is 23.8 Å². The van der Waals surface area contributed by atoms with E-state index in [0.29, 0.717) is 17.2 Å². The smallest absolute Gasteiger partial charge is 0.322 e. The van der Waals surface area contributed by atoms with Crippen molar-refractivity contribution >= 4 is 27.7 Å². The summed E-state index contributed by atoms with van der Waals surface area (Å²) in [6, 6.07) is 4.60. The molecule has 1 heterocycles. The second-order valence-corrected chi connectivity index (χ2v) is 9.49. The molecule has 0 bridgehead atoms. The maximum absolute atomic E-state index is 11.4. The molecule has 184 valence electrons. The summed E-state index contributed by atoms with van der Waals surface area (Å²) < 4.78 is 39.5. The molecular formula is C23H36N5O4S-. The van der Waals surface area contributed by atoms with E-state index in [2.05, 4.69) is 32.5 Å². The van der Waals surface area contributed by atoms with Crippen LogP contribution in [-0.2, 0) is 10.1 Å². The zero-order valence-electron chi connectivity index (χ0n) is 19.9. The molecule has 2 aromatic rings. The molecular weight excluding hydrogens is 442 g/mol. The van der Waals surface area contributed by atoms with Crippen LogP contribution in [0.4, 0.5) is 17.6 Å². The largest absolute Gasteiger partial charge is 0.744 e. The van der Waals surface area contributed by atoms with Crippen molar-refractivity contribution in [2.24, 2.45) is 0 Å². The van der Waals surface area contributed by atoms with Crippen molar-refractivity contribution in [1.29, 1.82) is 0 Å². The molecule has 0 saturated heterocycles. The summed E-state index contributed by atoms with van der Waals surface area (Å²) in [6.07, 6.45) is 12.6. The van der Waals surface area contributed by atoms with E-state index in [4.69, 9.17) is 4.74 Å². The summed E-state index contributed by atoms with van der Waals surface area (Å²) in [7, 11) is -3.12. The molecule has 10 heteroatoms. The molecule has 9 nitrogen and oxygen atoms in total. The van der Waals surface area contributed by atoms with Crippen molar-refractivity contribution in [3.63, 3.8) is 0 Å². The molecule has 2 rings (SSSR count). The zero-order chi connectivity index (χ0) is 24.1. The molecule has 0 radical (unpaired) electrons. The predicted octanol–water partition coefficient (Wildman–Crippen LogP) is 5.17. The van der Waals surface area contributed by atoms with Crippen LogP contribution >= 0.6 is 0 Å². The molecule has 33 heavy (non-hydrogen) atoms. The van der Waals surface area contributed by atoms with Gasteiger partial charge in [0, 0.05) is 12.2 Å². The summed E-state index contributed by atoms with van der Waals surface area (Å²) in [5.74, 6) is 0.551. The van der Waals surface area contributed by atoms with Crippen molar-refractivity contribution in [2.75, 3.05) is 24.3 Å². The van der Waals surface area contributed by atoms with Crippen LogP contribution in [0.3, 0.4) is 0 Å². The van der Waals surface area contributed by atoms with E-state index in [0.717, 1.165) is 19.4 Å². The first-order valence-corrected chi connectivity index (χ1v) is 13.1. The minimum absolute atomic E-state index is 0.127. The van der Waals surface area contributed by atoms with Crippen molar-refractivity contribution in [1.82, 2.24) is 15.0 Å². The molecule has 0 aliphatic rings. The Morgan fingerprint density at radius 3 is 2.12 bits per heavy atom. The second-order valence-electron chi connectivity index (χ2n) is 8.14. The van der Waals surface area contributed by atoms with Gasteiger partial charge in [-0.15, -0.1) is 0 Å². The van der Waals surface area contributed by atoms with Gasteiger partial charge in [0.25, 0.3) is 0 Å². The highest BCUT2D eigenvalue weighted by molar-refractivity contribution is 7.85. The Bertz CT molecular complexity index is 969. The molecule has 1 aromatic heterocycles. The van der Waals surface area contributed by atoms with Gasteiger partial charge in [-0.2, -0.15) is 15.0 Å². The number of nitrogens with one attached hydrogen (secondary N) is 2. The summed E-state index contributed by atoms with van der Waals surface area (Å²) in [4.78, 5) is 12.4. The van der Waals surface area contributed by atoms with Gasteiger partial charge in [-0.1, -0.05) is 70.8 Å². The Kier molecular flexibility index (Phi) is 11.3. The van der Waals surface area contributed by atoms with Gasteiger partial charge in [0.15, 0.2) is 0 Å². The Labute approximate surface area is 197 Å². The van der Waals surface area contributed by atoms with Crippen LogP contribution in [0.5, 0.6) is 6.01 Å². The summed E-state index contributed by atoms with van der Waals surface area (Å²) in [6.45, 7) is 4.53. The second kappa shape index (κ2) is 13.9. The van der Waals surface area contributed by atoms with E-state index < -0.39 is 10.1 Å². The number of unbranched alkanes of at least 4 members (excludes halogenated alkanes) is 9. The lowest BCUT2D eigenvalue weighted by atomic mass is 10.1. The van der Waals surface area contributed by atoms with Crippen molar-refractivity contribution in [3.8, 4) is 6.01 Å². The lowest BCUT2D eigenvalue weighted by Crippen LogP contribution is -2.10. The number of hydrogen-bond acceptors (Lipinski definition) is 9. The quantitative estimate of drug-likeness (QED) is 0.248. The fraction of sp³-hybridized carbons (Fsp3) is 0.609. The average Bonchev–Trinajstić information content (AvgIpc) is 2.78. The van der Waals surface area contributed by atoms with E-state index in [-0.39, 0.29) is 16.9 Å².